The number of ether oxygens (including phenoxy) is 1. The van der Waals surface area contributed by atoms with E-state index in [-0.39, 0.29) is 12.2 Å². The van der Waals surface area contributed by atoms with E-state index in [2.05, 4.69) is 10.8 Å². The lowest BCUT2D eigenvalue weighted by Gasteiger charge is -2.20. The molecule has 96 valence electrons. The summed E-state index contributed by atoms with van der Waals surface area (Å²) < 4.78 is 5.01. The average molecular weight is 244 g/mol. The van der Waals surface area contributed by atoms with Crippen LogP contribution in [0.5, 0.6) is 0 Å². The summed E-state index contributed by atoms with van der Waals surface area (Å²) in [5.41, 5.74) is 1.64. The fourth-order valence-electron chi connectivity index (χ4n) is 1.11. The van der Waals surface area contributed by atoms with Crippen LogP contribution >= 0.6 is 0 Å². The van der Waals surface area contributed by atoms with E-state index >= 15 is 0 Å². The number of hydrogen-bond acceptors (Lipinski definition) is 5. The van der Waals surface area contributed by atoms with Gasteiger partial charge in [-0.1, -0.05) is 0 Å². The van der Waals surface area contributed by atoms with Crippen LogP contribution in [-0.2, 0) is 14.4 Å². The molecule has 3 N–H and O–H groups in total. The van der Waals surface area contributed by atoms with E-state index < -0.39 is 23.8 Å². The zero-order valence-corrected chi connectivity index (χ0v) is 9.94. The number of nitrogens with one attached hydrogen (secondary N) is 2. The molecule has 1 unspecified atom stereocenters. The van der Waals surface area contributed by atoms with Crippen molar-refractivity contribution in [1.29, 1.82) is 0 Å². The van der Waals surface area contributed by atoms with E-state index in [9.17, 15) is 9.59 Å². The molecule has 0 saturated heterocycles. The summed E-state index contributed by atoms with van der Waals surface area (Å²) in [5.74, 6) is -1.11. The zero-order chi connectivity index (χ0) is 13.1. The molecule has 7 nitrogen and oxygen atoms in total. The minimum absolute atomic E-state index is 0.0408. The van der Waals surface area contributed by atoms with Crippen LogP contribution in [-0.4, -0.2) is 35.4 Å². The average Bonchev–Trinajstić information content (AvgIpc) is 2.60. The number of hydrogen-bond donors (Lipinski definition) is 3. The molecular formula is C10H16N2O5. The first-order chi connectivity index (χ1) is 7.78. The van der Waals surface area contributed by atoms with Gasteiger partial charge in [-0.3, -0.25) is 10.3 Å². The first-order valence-electron chi connectivity index (χ1n) is 5.11. The second-order valence-corrected chi connectivity index (χ2v) is 4.53. The van der Waals surface area contributed by atoms with E-state index in [1.54, 1.807) is 20.8 Å². The summed E-state index contributed by atoms with van der Waals surface area (Å²) >= 11 is 0. The second-order valence-electron chi connectivity index (χ2n) is 4.53. The van der Waals surface area contributed by atoms with Gasteiger partial charge in [-0.05, 0) is 26.8 Å². The van der Waals surface area contributed by atoms with Crippen LogP contribution in [0.1, 0.15) is 20.8 Å². The van der Waals surface area contributed by atoms with Crippen LogP contribution in [0.15, 0.2) is 11.8 Å². The highest BCUT2D eigenvalue weighted by Gasteiger charge is 2.22. The monoisotopic (exact) mass is 244 g/mol. The van der Waals surface area contributed by atoms with Crippen LogP contribution in [0.25, 0.3) is 0 Å². The van der Waals surface area contributed by atoms with Gasteiger partial charge in [0.1, 0.15) is 17.4 Å². The van der Waals surface area contributed by atoms with Crippen molar-refractivity contribution in [2.45, 2.75) is 32.5 Å². The Bertz CT molecular complexity index is 345. The molecule has 0 aromatic heterocycles. The number of carbonyl (C=O) groups excluding carboxylic acids is 1. The third-order valence-electron chi connectivity index (χ3n) is 1.75. The maximum atomic E-state index is 11.3. The Kier molecular flexibility index (Phi) is 3.95. The quantitative estimate of drug-likeness (QED) is 0.664. The van der Waals surface area contributed by atoms with E-state index in [1.165, 1.54) is 6.08 Å². The lowest BCUT2D eigenvalue weighted by molar-refractivity contribution is -0.134. The number of hydroxylamine groups is 1. The summed E-state index contributed by atoms with van der Waals surface area (Å²) in [6.45, 7) is 5.40. The molecule has 0 aliphatic carbocycles. The molecule has 1 atom stereocenters. The number of carbonyl (C=O) groups is 2. The lowest BCUT2D eigenvalue weighted by Crippen LogP contribution is -2.37. The van der Waals surface area contributed by atoms with Crippen molar-refractivity contribution < 1.29 is 24.3 Å². The van der Waals surface area contributed by atoms with Crippen molar-refractivity contribution in [3.63, 3.8) is 0 Å². The molecule has 1 rings (SSSR count). The molecule has 7 heteroatoms. The molecule has 0 aromatic carbocycles. The first kappa shape index (κ1) is 13.3. The van der Waals surface area contributed by atoms with Crippen LogP contribution in [0.4, 0.5) is 4.79 Å². The molecule has 17 heavy (non-hydrogen) atoms. The predicted octanol–water partition coefficient (Wildman–Crippen LogP) is 0.383. The summed E-state index contributed by atoms with van der Waals surface area (Å²) in [4.78, 5) is 26.7. The minimum atomic E-state index is -1.11. The molecule has 1 aliphatic heterocycles. The van der Waals surface area contributed by atoms with Gasteiger partial charge in [0.15, 0.2) is 0 Å². The van der Waals surface area contributed by atoms with E-state index in [0.717, 1.165) is 0 Å². The summed E-state index contributed by atoms with van der Waals surface area (Å²) in [5, 5.41) is 11.1. The molecule has 0 saturated carbocycles. The molecule has 0 aromatic rings. The lowest BCUT2D eigenvalue weighted by atomic mass is 10.2. The van der Waals surface area contributed by atoms with E-state index in [0.29, 0.717) is 0 Å². The predicted molar refractivity (Wildman–Crippen MR) is 58.0 cm³/mol. The zero-order valence-electron chi connectivity index (χ0n) is 9.94. The molecule has 0 bridgehead atoms. The third kappa shape index (κ3) is 4.73. The summed E-state index contributed by atoms with van der Waals surface area (Å²) in [6.07, 6.45) is 0.284. The molecule has 1 amide bonds. The summed E-state index contributed by atoms with van der Waals surface area (Å²) in [7, 11) is 0. The van der Waals surface area contributed by atoms with E-state index in [4.69, 9.17) is 14.7 Å². The molecule has 1 heterocycles. The van der Waals surface area contributed by atoms with Crippen LogP contribution < -0.4 is 10.8 Å². The molecule has 0 radical (unpaired) electrons. The fourth-order valence-corrected chi connectivity index (χ4v) is 1.11. The third-order valence-corrected chi connectivity index (χ3v) is 1.75. The van der Waals surface area contributed by atoms with Crippen LogP contribution in [0.3, 0.4) is 0 Å². The Labute approximate surface area is 98.7 Å². The van der Waals surface area contributed by atoms with Crippen molar-refractivity contribution in [2.24, 2.45) is 0 Å². The Morgan fingerprint density at radius 3 is 2.71 bits per heavy atom. The van der Waals surface area contributed by atoms with Gasteiger partial charge in [0, 0.05) is 0 Å². The van der Waals surface area contributed by atoms with Gasteiger partial charge in [-0.25, -0.2) is 9.59 Å². The number of carboxylic acids is 1. The highest BCUT2D eigenvalue weighted by Crippen LogP contribution is 2.08. The molecular weight excluding hydrogens is 228 g/mol. The SMILES string of the molecule is CC(C)(C)OC(=O)NCC1C=C(C(=O)O)NO1. The number of alkyl carbamates (subject to hydrolysis) is 1. The topological polar surface area (TPSA) is 96.9 Å². The van der Waals surface area contributed by atoms with Gasteiger partial charge in [0.05, 0.1) is 6.54 Å². The molecule has 1 aliphatic rings. The maximum absolute atomic E-state index is 11.3. The van der Waals surface area contributed by atoms with Crippen LogP contribution in [0.2, 0.25) is 0 Å². The first-order valence-corrected chi connectivity index (χ1v) is 5.11. The van der Waals surface area contributed by atoms with Gasteiger partial charge < -0.3 is 15.2 Å². The van der Waals surface area contributed by atoms with Crippen molar-refractivity contribution in [2.75, 3.05) is 6.54 Å². The standard InChI is InChI=1S/C10H16N2O5/c1-10(2,3)16-9(15)11-5-6-4-7(8(13)14)12-17-6/h4,6,12H,5H2,1-3H3,(H,11,15)(H,13,14). The molecule has 0 spiro atoms. The fraction of sp³-hybridized carbons (Fsp3) is 0.600. The normalized spacial score (nSPS) is 19.2. The maximum Gasteiger partial charge on any atom is 0.407 e. The number of aliphatic carboxylic acids is 1. The Hall–Kier alpha value is -1.76. The Balaban J connectivity index is 2.33. The van der Waals surface area contributed by atoms with Gasteiger partial charge >= 0.3 is 12.1 Å². The van der Waals surface area contributed by atoms with Crippen molar-refractivity contribution in [1.82, 2.24) is 10.8 Å². The minimum Gasteiger partial charge on any atom is -0.477 e. The van der Waals surface area contributed by atoms with Gasteiger partial charge in [0.2, 0.25) is 0 Å². The van der Waals surface area contributed by atoms with Gasteiger partial charge in [0.25, 0.3) is 0 Å². The Morgan fingerprint density at radius 2 is 2.24 bits per heavy atom. The van der Waals surface area contributed by atoms with Crippen molar-refractivity contribution in [3.05, 3.63) is 11.8 Å². The highest BCUT2D eigenvalue weighted by atomic mass is 16.7. The van der Waals surface area contributed by atoms with Gasteiger partial charge in [-0.15, -0.1) is 0 Å². The Morgan fingerprint density at radius 1 is 1.59 bits per heavy atom. The largest absolute Gasteiger partial charge is 0.477 e. The van der Waals surface area contributed by atoms with E-state index in [1.807, 2.05) is 0 Å². The number of carboxylic acid groups (broad SMARTS) is 1. The van der Waals surface area contributed by atoms with Gasteiger partial charge in [-0.2, -0.15) is 0 Å². The molecule has 0 fully saturated rings. The number of rotatable bonds is 3. The van der Waals surface area contributed by atoms with Crippen molar-refractivity contribution in [3.8, 4) is 0 Å². The van der Waals surface area contributed by atoms with Crippen molar-refractivity contribution >= 4 is 12.1 Å². The smallest absolute Gasteiger partial charge is 0.407 e. The summed E-state index contributed by atoms with van der Waals surface area (Å²) in [6, 6.07) is 0. The number of amides is 1. The van der Waals surface area contributed by atoms with Crippen LogP contribution in [0, 0.1) is 0 Å². The highest BCUT2D eigenvalue weighted by molar-refractivity contribution is 5.86. The second kappa shape index (κ2) is 5.05.